The molecule has 0 spiro atoms. The Morgan fingerprint density at radius 3 is 2.67 bits per heavy atom. The highest BCUT2D eigenvalue weighted by molar-refractivity contribution is 7.90. The third-order valence-corrected chi connectivity index (χ3v) is 8.28. The van der Waals surface area contributed by atoms with E-state index in [1.54, 1.807) is 36.5 Å². The van der Waals surface area contributed by atoms with E-state index in [1.807, 2.05) is 24.4 Å². The summed E-state index contributed by atoms with van der Waals surface area (Å²) in [4.78, 5) is 24.7. The summed E-state index contributed by atoms with van der Waals surface area (Å²) in [7, 11) is -3.33. The minimum atomic E-state index is -3.33. The maximum absolute atomic E-state index is 13.3. The Labute approximate surface area is 231 Å². The van der Waals surface area contributed by atoms with Gasteiger partial charge in [0.05, 0.1) is 22.4 Å². The number of sulfone groups is 1. The molecule has 0 aliphatic carbocycles. The van der Waals surface area contributed by atoms with Gasteiger partial charge >= 0.3 is 0 Å². The number of ether oxygens (including phenoxy) is 1. The second-order valence-corrected chi connectivity index (χ2v) is 12.4. The van der Waals surface area contributed by atoms with Crippen molar-refractivity contribution < 1.29 is 23.1 Å². The SMILES string of the molecule is Cc1cccnc1-c1cc(Oc2ccc(S(C)(=O)=O)cc2)cc(C(=O)Nc2nc(CN3CCC(O)C3)cs2)c1. The van der Waals surface area contributed by atoms with Gasteiger partial charge in [0.2, 0.25) is 0 Å². The van der Waals surface area contributed by atoms with Crippen LogP contribution in [-0.4, -0.2) is 59.7 Å². The number of hydrogen-bond donors (Lipinski definition) is 2. The minimum absolute atomic E-state index is 0.191. The molecule has 0 bridgehead atoms. The van der Waals surface area contributed by atoms with Gasteiger partial charge in [-0.15, -0.1) is 11.3 Å². The number of aromatic nitrogens is 2. The van der Waals surface area contributed by atoms with Crippen LogP contribution in [0.1, 0.15) is 28.0 Å². The highest BCUT2D eigenvalue weighted by Gasteiger charge is 2.21. The lowest BCUT2D eigenvalue weighted by Gasteiger charge is -2.13. The number of β-amino-alcohol motifs (C(OH)–C–C–N with tert-alkyl or cyclic N) is 1. The van der Waals surface area contributed by atoms with Crippen molar-refractivity contribution in [3.8, 4) is 22.8 Å². The summed E-state index contributed by atoms with van der Waals surface area (Å²) in [5.41, 5.74) is 3.56. The van der Waals surface area contributed by atoms with Crippen LogP contribution in [0.3, 0.4) is 0 Å². The number of carbonyl (C=O) groups excluding carboxylic acids is 1. The molecule has 2 aromatic heterocycles. The number of aliphatic hydroxyl groups excluding tert-OH is 1. The number of aryl methyl sites for hydroxylation is 1. The van der Waals surface area contributed by atoms with Gasteiger partial charge in [-0.3, -0.25) is 20.0 Å². The van der Waals surface area contributed by atoms with Gasteiger partial charge < -0.3 is 9.84 Å². The van der Waals surface area contributed by atoms with Crippen molar-refractivity contribution in [1.29, 1.82) is 0 Å². The molecule has 1 unspecified atom stereocenters. The van der Waals surface area contributed by atoms with Crippen LogP contribution in [-0.2, 0) is 16.4 Å². The number of hydrogen-bond acceptors (Lipinski definition) is 9. The first-order valence-corrected chi connectivity index (χ1v) is 15.1. The summed E-state index contributed by atoms with van der Waals surface area (Å²) >= 11 is 1.34. The first kappa shape index (κ1) is 26.9. The first-order chi connectivity index (χ1) is 18.6. The molecule has 1 saturated heterocycles. The molecule has 9 nitrogen and oxygen atoms in total. The molecule has 2 N–H and O–H groups in total. The maximum Gasteiger partial charge on any atom is 0.257 e. The van der Waals surface area contributed by atoms with E-state index in [-0.39, 0.29) is 16.9 Å². The van der Waals surface area contributed by atoms with Crippen LogP contribution in [0.5, 0.6) is 11.5 Å². The summed E-state index contributed by atoms with van der Waals surface area (Å²) in [5, 5.41) is 15.0. The van der Waals surface area contributed by atoms with E-state index < -0.39 is 9.84 Å². The van der Waals surface area contributed by atoms with Crippen LogP contribution in [0.25, 0.3) is 11.3 Å². The summed E-state index contributed by atoms with van der Waals surface area (Å²) in [6.07, 6.45) is 3.29. The van der Waals surface area contributed by atoms with Gasteiger partial charge in [0, 0.05) is 48.6 Å². The number of thiazole rings is 1. The fourth-order valence-corrected chi connectivity index (χ4v) is 5.72. The number of rotatable bonds is 8. The van der Waals surface area contributed by atoms with Gasteiger partial charge in [0.25, 0.3) is 5.91 Å². The van der Waals surface area contributed by atoms with Crippen LogP contribution in [0.2, 0.25) is 0 Å². The molecule has 3 heterocycles. The van der Waals surface area contributed by atoms with Crippen molar-refractivity contribution in [2.24, 2.45) is 0 Å². The standard InChI is InChI=1S/C28H28N4O5S2/c1-18-4-3-10-29-26(18)19-12-20(14-24(13-19)37-23-5-7-25(8-6-23)39(2,35)36)27(34)31-28-30-21(17-38-28)15-32-11-9-22(33)16-32/h3-8,10,12-14,17,22,33H,9,11,15-16H2,1-2H3,(H,30,31,34). The zero-order chi connectivity index (χ0) is 27.6. The lowest BCUT2D eigenvalue weighted by atomic mass is 10.0. The zero-order valence-electron chi connectivity index (χ0n) is 21.5. The number of nitrogens with zero attached hydrogens (tertiary/aromatic N) is 3. The van der Waals surface area contributed by atoms with E-state index >= 15 is 0 Å². The molecule has 5 rings (SSSR count). The minimum Gasteiger partial charge on any atom is -0.457 e. The van der Waals surface area contributed by atoms with Gasteiger partial charge in [-0.2, -0.15) is 0 Å². The van der Waals surface area contributed by atoms with Crippen LogP contribution < -0.4 is 10.1 Å². The second-order valence-electron chi connectivity index (χ2n) is 9.54. The van der Waals surface area contributed by atoms with E-state index in [0.717, 1.165) is 30.5 Å². The van der Waals surface area contributed by atoms with Crippen LogP contribution in [0.4, 0.5) is 5.13 Å². The van der Waals surface area contributed by atoms with Gasteiger partial charge in [0.15, 0.2) is 15.0 Å². The predicted octanol–water partition coefficient (Wildman–Crippen LogP) is 4.53. The smallest absolute Gasteiger partial charge is 0.257 e. The Morgan fingerprint density at radius 1 is 1.18 bits per heavy atom. The van der Waals surface area contributed by atoms with Crippen molar-refractivity contribution >= 4 is 32.2 Å². The molecular formula is C28H28N4O5S2. The average molecular weight is 565 g/mol. The van der Waals surface area contributed by atoms with Crippen molar-refractivity contribution in [2.75, 3.05) is 24.7 Å². The highest BCUT2D eigenvalue weighted by atomic mass is 32.2. The lowest BCUT2D eigenvalue weighted by Crippen LogP contribution is -2.21. The molecule has 1 atom stereocenters. The number of amides is 1. The Kier molecular flexibility index (Phi) is 7.76. The summed E-state index contributed by atoms with van der Waals surface area (Å²) < 4.78 is 29.6. The van der Waals surface area contributed by atoms with Crippen LogP contribution >= 0.6 is 11.3 Å². The van der Waals surface area contributed by atoms with Crippen LogP contribution in [0.15, 0.2) is 71.1 Å². The van der Waals surface area contributed by atoms with Crippen molar-refractivity contribution in [2.45, 2.75) is 30.9 Å². The molecule has 1 aliphatic heterocycles. The first-order valence-electron chi connectivity index (χ1n) is 12.4. The Hall–Kier alpha value is -3.64. The van der Waals surface area contributed by atoms with Gasteiger partial charge in [-0.1, -0.05) is 6.07 Å². The van der Waals surface area contributed by atoms with E-state index in [1.165, 1.54) is 23.5 Å². The fraction of sp³-hybridized carbons (Fsp3) is 0.250. The Bertz CT molecular complexity index is 1600. The molecule has 0 radical (unpaired) electrons. The summed E-state index contributed by atoms with van der Waals surface area (Å²) in [6, 6.07) is 15.1. The number of nitrogens with one attached hydrogen (secondary N) is 1. The molecule has 1 amide bonds. The predicted molar refractivity (Wildman–Crippen MR) is 150 cm³/mol. The van der Waals surface area contributed by atoms with E-state index in [4.69, 9.17) is 4.74 Å². The fourth-order valence-electron chi connectivity index (χ4n) is 4.40. The van der Waals surface area contributed by atoms with Crippen molar-refractivity contribution in [1.82, 2.24) is 14.9 Å². The van der Waals surface area contributed by atoms with Gasteiger partial charge in [-0.25, -0.2) is 13.4 Å². The van der Waals surface area contributed by atoms with E-state index in [2.05, 4.69) is 20.2 Å². The van der Waals surface area contributed by atoms with Crippen molar-refractivity contribution in [3.63, 3.8) is 0 Å². The highest BCUT2D eigenvalue weighted by Crippen LogP contribution is 2.31. The van der Waals surface area contributed by atoms with E-state index in [0.29, 0.717) is 46.5 Å². The number of aliphatic hydroxyl groups is 1. The zero-order valence-corrected chi connectivity index (χ0v) is 23.1. The number of likely N-dealkylation sites (tertiary alicyclic amines) is 1. The Balaban J connectivity index is 1.40. The average Bonchev–Trinajstić information content (AvgIpc) is 3.52. The molecule has 11 heteroatoms. The lowest BCUT2D eigenvalue weighted by molar-refractivity contribution is 0.102. The quantitative estimate of drug-likeness (QED) is 0.320. The number of anilines is 1. The van der Waals surface area contributed by atoms with Crippen molar-refractivity contribution in [3.05, 3.63) is 83.0 Å². The molecule has 202 valence electrons. The van der Waals surface area contributed by atoms with Gasteiger partial charge in [0.1, 0.15) is 11.5 Å². The second kappa shape index (κ2) is 11.2. The molecule has 39 heavy (non-hydrogen) atoms. The molecule has 4 aromatic rings. The van der Waals surface area contributed by atoms with Gasteiger partial charge in [-0.05, 0) is 67.4 Å². The van der Waals surface area contributed by atoms with Crippen LogP contribution in [0, 0.1) is 6.92 Å². The number of carbonyl (C=O) groups is 1. The van der Waals surface area contributed by atoms with E-state index in [9.17, 15) is 18.3 Å². The number of pyridine rings is 1. The molecular weight excluding hydrogens is 536 g/mol. The maximum atomic E-state index is 13.3. The third kappa shape index (κ3) is 6.69. The molecule has 0 saturated carbocycles. The summed E-state index contributed by atoms with van der Waals surface area (Å²) in [6.45, 7) is 4.00. The number of benzene rings is 2. The normalized spacial score (nSPS) is 15.8. The Morgan fingerprint density at radius 2 is 1.97 bits per heavy atom. The molecule has 1 fully saturated rings. The summed E-state index contributed by atoms with van der Waals surface area (Å²) in [5.74, 6) is 0.489. The topological polar surface area (TPSA) is 122 Å². The largest absolute Gasteiger partial charge is 0.457 e. The molecule has 1 aliphatic rings. The third-order valence-electron chi connectivity index (χ3n) is 6.34. The molecule has 2 aromatic carbocycles. The monoisotopic (exact) mass is 564 g/mol.